The normalized spacial score (nSPS) is 11.2. The minimum absolute atomic E-state index is 0.261. The number of aromatic carboxylic acids is 1. The Kier molecular flexibility index (Phi) is 6.03. The van der Waals surface area contributed by atoms with Crippen molar-refractivity contribution in [3.8, 4) is 0 Å². The van der Waals surface area contributed by atoms with E-state index in [0.717, 1.165) is 23.1 Å². The topological polar surface area (TPSA) is 83.5 Å². The number of nitrogens with one attached hydrogen (secondary N) is 1. The van der Waals surface area contributed by atoms with E-state index in [9.17, 15) is 13.2 Å². The van der Waals surface area contributed by atoms with Crippen LogP contribution in [0, 0.1) is 13.8 Å². The van der Waals surface area contributed by atoms with Crippen molar-refractivity contribution in [3.63, 3.8) is 0 Å². The number of carboxylic acid groups (broad SMARTS) is 1. The third-order valence-electron chi connectivity index (χ3n) is 4.70. The highest BCUT2D eigenvalue weighted by Crippen LogP contribution is 2.21. The molecule has 6 heteroatoms. The first-order valence-electron chi connectivity index (χ1n) is 9.26. The van der Waals surface area contributed by atoms with Crippen LogP contribution in [0.5, 0.6) is 0 Å². The van der Waals surface area contributed by atoms with Crippen LogP contribution in [0.3, 0.4) is 0 Å². The van der Waals surface area contributed by atoms with Crippen LogP contribution in [0.1, 0.15) is 32.6 Å². The first-order valence-corrected chi connectivity index (χ1v) is 10.7. The molecule has 0 saturated heterocycles. The summed E-state index contributed by atoms with van der Waals surface area (Å²) in [6.45, 7) is 3.71. The molecule has 3 aromatic carbocycles. The lowest BCUT2D eigenvalue weighted by atomic mass is 10.0. The van der Waals surface area contributed by atoms with Crippen LogP contribution in [0.4, 0.5) is 5.69 Å². The lowest BCUT2D eigenvalue weighted by Crippen LogP contribution is -2.14. The molecule has 3 aromatic rings. The Bertz CT molecular complexity index is 1140. The van der Waals surface area contributed by atoms with Crippen molar-refractivity contribution in [1.29, 1.82) is 0 Å². The molecule has 0 aliphatic heterocycles. The first kappa shape index (κ1) is 20.6. The van der Waals surface area contributed by atoms with Gasteiger partial charge in [0.2, 0.25) is 0 Å². The van der Waals surface area contributed by atoms with Crippen molar-refractivity contribution in [1.82, 2.24) is 0 Å². The molecule has 0 heterocycles. The number of carboxylic acids is 1. The summed E-state index contributed by atoms with van der Waals surface area (Å²) in [6, 6.07) is 19.4. The van der Waals surface area contributed by atoms with Gasteiger partial charge in [-0.1, -0.05) is 42.0 Å². The van der Waals surface area contributed by atoms with E-state index in [4.69, 9.17) is 5.11 Å². The average molecular weight is 410 g/mol. The quantitative estimate of drug-likeness (QED) is 0.598. The fourth-order valence-corrected chi connectivity index (χ4v) is 4.48. The van der Waals surface area contributed by atoms with Gasteiger partial charge in [0.25, 0.3) is 10.0 Å². The van der Waals surface area contributed by atoms with Gasteiger partial charge < -0.3 is 5.11 Å². The summed E-state index contributed by atoms with van der Waals surface area (Å²) in [5.74, 6) is -0.944. The SMILES string of the molecule is Cc1ccc(S(=O)(=O)Nc2cccc(CCc3ccc(C(=O)O)cc3)c2)c(C)c1. The van der Waals surface area contributed by atoms with Crippen molar-refractivity contribution in [2.24, 2.45) is 0 Å². The van der Waals surface area contributed by atoms with E-state index in [2.05, 4.69) is 4.72 Å². The van der Waals surface area contributed by atoms with Gasteiger partial charge in [0, 0.05) is 5.69 Å². The third-order valence-corrected chi connectivity index (χ3v) is 6.24. The minimum Gasteiger partial charge on any atom is -0.478 e. The van der Waals surface area contributed by atoms with E-state index in [0.29, 0.717) is 17.7 Å². The zero-order chi connectivity index (χ0) is 21.0. The zero-order valence-corrected chi connectivity index (χ0v) is 17.2. The maximum absolute atomic E-state index is 12.8. The molecule has 0 amide bonds. The van der Waals surface area contributed by atoms with Crippen LogP contribution < -0.4 is 4.72 Å². The average Bonchev–Trinajstić information content (AvgIpc) is 2.66. The van der Waals surface area contributed by atoms with E-state index < -0.39 is 16.0 Å². The highest BCUT2D eigenvalue weighted by atomic mass is 32.2. The molecule has 3 rings (SSSR count). The van der Waals surface area contributed by atoms with E-state index in [1.807, 2.05) is 31.2 Å². The molecule has 0 radical (unpaired) electrons. The molecule has 150 valence electrons. The number of rotatable bonds is 7. The second kappa shape index (κ2) is 8.49. The number of carbonyl (C=O) groups is 1. The molecule has 2 N–H and O–H groups in total. The Balaban J connectivity index is 1.71. The number of hydrogen-bond donors (Lipinski definition) is 2. The number of benzene rings is 3. The van der Waals surface area contributed by atoms with Crippen LogP contribution in [-0.2, 0) is 22.9 Å². The molecular formula is C23H23NO4S. The third kappa shape index (κ3) is 5.23. The molecular weight excluding hydrogens is 386 g/mol. The molecule has 0 aromatic heterocycles. The van der Waals surface area contributed by atoms with Crippen molar-refractivity contribution in [3.05, 3.63) is 94.5 Å². The molecule has 0 aliphatic rings. The van der Waals surface area contributed by atoms with Gasteiger partial charge in [-0.15, -0.1) is 0 Å². The summed E-state index contributed by atoms with van der Waals surface area (Å²) >= 11 is 0. The fourth-order valence-electron chi connectivity index (χ4n) is 3.20. The lowest BCUT2D eigenvalue weighted by Gasteiger charge is -2.12. The van der Waals surface area contributed by atoms with Crippen LogP contribution in [0.15, 0.2) is 71.6 Å². The van der Waals surface area contributed by atoms with Crippen molar-refractivity contribution in [2.45, 2.75) is 31.6 Å². The predicted octanol–water partition coefficient (Wildman–Crippen LogP) is 4.59. The van der Waals surface area contributed by atoms with Crippen LogP contribution in [0.2, 0.25) is 0 Å². The lowest BCUT2D eigenvalue weighted by molar-refractivity contribution is 0.0697. The second-order valence-corrected chi connectivity index (χ2v) is 8.73. The van der Waals surface area contributed by atoms with Crippen molar-refractivity contribution >= 4 is 21.7 Å². The van der Waals surface area contributed by atoms with Crippen molar-refractivity contribution in [2.75, 3.05) is 4.72 Å². The van der Waals surface area contributed by atoms with Gasteiger partial charge in [0.15, 0.2) is 0 Å². The molecule has 29 heavy (non-hydrogen) atoms. The minimum atomic E-state index is -3.66. The number of aryl methyl sites for hydroxylation is 4. The molecule has 0 spiro atoms. The van der Waals surface area contributed by atoms with Crippen LogP contribution >= 0.6 is 0 Å². The second-order valence-electron chi connectivity index (χ2n) is 7.08. The summed E-state index contributed by atoms with van der Waals surface area (Å²) in [5, 5.41) is 8.96. The summed E-state index contributed by atoms with van der Waals surface area (Å²) in [5.41, 5.74) is 4.52. The Morgan fingerprint density at radius 2 is 1.59 bits per heavy atom. The van der Waals surface area contributed by atoms with Gasteiger partial charge in [-0.25, -0.2) is 13.2 Å². The standard InChI is InChI=1S/C23H23NO4S/c1-16-6-13-22(17(2)14-16)29(27,28)24-21-5-3-4-19(15-21)8-7-18-9-11-20(12-10-18)23(25)26/h3-6,9-15,24H,7-8H2,1-2H3,(H,25,26). The van der Waals surface area contributed by atoms with E-state index in [-0.39, 0.29) is 10.5 Å². The summed E-state index contributed by atoms with van der Waals surface area (Å²) < 4.78 is 28.2. The monoisotopic (exact) mass is 409 g/mol. The molecule has 0 bridgehead atoms. The number of hydrogen-bond acceptors (Lipinski definition) is 3. The highest BCUT2D eigenvalue weighted by molar-refractivity contribution is 7.92. The van der Waals surface area contributed by atoms with Crippen LogP contribution in [-0.4, -0.2) is 19.5 Å². The van der Waals surface area contributed by atoms with Gasteiger partial charge >= 0.3 is 5.97 Å². The van der Waals surface area contributed by atoms with Gasteiger partial charge in [0.1, 0.15) is 0 Å². The molecule has 0 unspecified atom stereocenters. The van der Waals surface area contributed by atoms with Gasteiger partial charge in [0.05, 0.1) is 10.5 Å². The van der Waals surface area contributed by atoms with Gasteiger partial charge in [-0.05, 0) is 73.7 Å². The summed E-state index contributed by atoms with van der Waals surface area (Å²) in [6.07, 6.45) is 1.44. The summed E-state index contributed by atoms with van der Waals surface area (Å²) in [4.78, 5) is 11.2. The largest absolute Gasteiger partial charge is 0.478 e. The Labute approximate surface area is 171 Å². The number of anilines is 1. The first-order chi connectivity index (χ1) is 13.7. The highest BCUT2D eigenvalue weighted by Gasteiger charge is 2.17. The maximum atomic E-state index is 12.8. The van der Waals surface area contributed by atoms with Crippen molar-refractivity contribution < 1.29 is 18.3 Å². The Morgan fingerprint density at radius 1 is 0.897 bits per heavy atom. The summed E-state index contributed by atoms with van der Waals surface area (Å²) in [7, 11) is -3.66. The van der Waals surface area contributed by atoms with E-state index in [1.165, 1.54) is 0 Å². The van der Waals surface area contributed by atoms with E-state index in [1.54, 1.807) is 49.4 Å². The fraction of sp³-hybridized carbons (Fsp3) is 0.174. The predicted molar refractivity (Wildman–Crippen MR) is 114 cm³/mol. The molecule has 0 saturated carbocycles. The molecule has 5 nitrogen and oxygen atoms in total. The van der Waals surface area contributed by atoms with Gasteiger partial charge in [-0.3, -0.25) is 4.72 Å². The van der Waals surface area contributed by atoms with Crippen LogP contribution in [0.25, 0.3) is 0 Å². The number of sulfonamides is 1. The zero-order valence-electron chi connectivity index (χ0n) is 16.3. The Morgan fingerprint density at radius 3 is 2.24 bits per heavy atom. The molecule has 0 fully saturated rings. The smallest absolute Gasteiger partial charge is 0.335 e. The van der Waals surface area contributed by atoms with E-state index >= 15 is 0 Å². The maximum Gasteiger partial charge on any atom is 0.335 e. The molecule has 0 atom stereocenters. The molecule has 0 aliphatic carbocycles. The van der Waals surface area contributed by atoms with Gasteiger partial charge in [-0.2, -0.15) is 0 Å². The Hall–Kier alpha value is -3.12.